The molecule has 0 atom stereocenters. The van der Waals surface area contributed by atoms with E-state index in [1.807, 2.05) is 19.2 Å². The van der Waals surface area contributed by atoms with E-state index in [4.69, 9.17) is 16.2 Å². The molecule has 9 heteroatoms. The summed E-state index contributed by atoms with van der Waals surface area (Å²) in [6, 6.07) is 7.20. The molecule has 0 amide bonds. The maximum absolute atomic E-state index is 11.5. The first-order valence-electron chi connectivity index (χ1n) is 7.92. The molecule has 4 N–H and O–H groups in total. The highest BCUT2D eigenvalue weighted by atomic mass is 16.5. The molecule has 2 aromatic heterocycles. The number of hydrogen-bond acceptors (Lipinski definition) is 9. The van der Waals surface area contributed by atoms with Crippen molar-refractivity contribution in [2.45, 2.75) is 6.42 Å². The molecule has 0 fully saturated rings. The fourth-order valence-corrected chi connectivity index (χ4v) is 2.48. The van der Waals surface area contributed by atoms with Gasteiger partial charge in [-0.15, -0.1) is 0 Å². The normalized spacial score (nSPS) is 10.7. The molecule has 0 saturated heterocycles. The Morgan fingerprint density at radius 2 is 1.88 bits per heavy atom. The van der Waals surface area contributed by atoms with Gasteiger partial charge in [0, 0.05) is 25.7 Å². The van der Waals surface area contributed by atoms with Crippen LogP contribution >= 0.6 is 0 Å². The van der Waals surface area contributed by atoms with Gasteiger partial charge in [-0.05, 0) is 24.3 Å². The van der Waals surface area contributed by atoms with Crippen LogP contribution in [0.15, 0.2) is 30.5 Å². The predicted molar refractivity (Wildman–Crippen MR) is 98.7 cm³/mol. The van der Waals surface area contributed by atoms with E-state index in [0.29, 0.717) is 29.7 Å². The third kappa shape index (κ3) is 3.61. The van der Waals surface area contributed by atoms with Crippen LogP contribution in [0.2, 0.25) is 0 Å². The third-order valence-corrected chi connectivity index (χ3v) is 3.93. The minimum Gasteiger partial charge on any atom is -0.465 e. The Balaban J connectivity index is 1.70. The molecule has 0 radical (unpaired) electrons. The summed E-state index contributed by atoms with van der Waals surface area (Å²) in [4.78, 5) is 30.2. The van der Waals surface area contributed by atoms with Crippen molar-refractivity contribution in [1.29, 1.82) is 0 Å². The van der Waals surface area contributed by atoms with E-state index in [2.05, 4.69) is 24.8 Å². The summed E-state index contributed by atoms with van der Waals surface area (Å²) in [5.41, 5.74) is 14.5. The minimum atomic E-state index is -0.355. The number of rotatable bonds is 5. The monoisotopic (exact) mass is 353 g/mol. The zero-order valence-electron chi connectivity index (χ0n) is 14.5. The molecule has 0 aliphatic carbocycles. The van der Waals surface area contributed by atoms with Crippen molar-refractivity contribution >= 4 is 34.6 Å². The van der Waals surface area contributed by atoms with Gasteiger partial charge in [0.25, 0.3) is 0 Å². The van der Waals surface area contributed by atoms with Crippen LogP contribution in [0.25, 0.3) is 11.2 Å². The van der Waals surface area contributed by atoms with E-state index in [1.54, 1.807) is 18.3 Å². The van der Waals surface area contributed by atoms with Crippen molar-refractivity contribution < 1.29 is 9.53 Å². The van der Waals surface area contributed by atoms with Crippen LogP contribution in [0.1, 0.15) is 16.1 Å². The number of anilines is 3. The summed E-state index contributed by atoms with van der Waals surface area (Å²) in [5.74, 6) is -0.0631. The number of hydrogen-bond donors (Lipinski definition) is 2. The summed E-state index contributed by atoms with van der Waals surface area (Å²) < 4.78 is 4.70. The maximum Gasteiger partial charge on any atom is 0.337 e. The topological polar surface area (TPSA) is 133 Å². The van der Waals surface area contributed by atoms with Crippen molar-refractivity contribution in [3.8, 4) is 0 Å². The molecule has 134 valence electrons. The standard InChI is InChI=1S/C17H19N7O2/c1-24(12-5-3-10(4-6-12)16(25)26-2)8-7-11-9-20-15-13(21-11)14(18)22-17(19)23-15/h3-6,9H,7-8H2,1-2H3,(H4,18,19,20,22,23). The fraction of sp³-hybridized carbons (Fsp3) is 0.235. The summed E-state index contributed by atoms with van der Waals surface area (Å²) in [7, 11) is 3.32. The molecule has 3 rings (SSSR count). The van der Waals surface area contributed by atoms with E-state index >= 15 is 0 Å². The number of fused-ring (bicyclic) bond motifs is 1. The van der Waals surface area contributed by atoms with Gasteiger partial charge in [-0.1, -0.05) is 0 Å². The second-order valence-corrected chi connectivity index (χ2v) is 5.71. The van der Waals surface area contributed by atoms with Crippen LogP contribution in [-0.4, -0.2) is 46.6 Å². The van der Waals surface area contributed by atoms with Crippen molar-refractivity contribution in [3.63, 3.8) is 0 Å². The Labute approximate surface area is 150 Å². The Hall–Kier alpha value is -3.49. The van der Waals surface area contributed by atoms with E-state index in [9.17, 15) is 4.79 Å². The number of nitrogen functional groups attached to an aromatic ring is 2. The average Bonchev–Trinajstić information content (AvgIpc) is 2.65. The van der Waals surface area contributed by atoms with Gasteiger partial charge in [0.2, 0.25) is 5.95 Å². The molecule has 2 heterocycles. The lowest BCUT2D eigenvalue weighted by Crippen LogP contribution is -2.21. The lowest BCUT2D eigenvalue weighted by molar-refractivity contribution is 0.0601. The third-order valence-electron chi connectivity index (χ3n) is 3.93. The van der Waals surface area contributed by atoms with Crippen LogP contribution in [0, 0.1) is 0 Å². The van der Waals surface area contributed by atoms with Crippen molar-refractivity contribution in [3.05, 3.63) is 41.7 Å². The number of aromatic nitrogens is 4. The van der Waals surface area contributed by atoms with Crippen LogP contribution in [-0.2, 0) is 11.2 Å². The average molecular weight is 353 g/mol. The van der Waals surface area contributed by atoms with Gasteiger partial charge in [0.15, 0.2) is 17.0 Å². The number of nitrogens with zero attached hydrogens (tertiary/aromatic N) is 5. The van der Waals surface area contributed by atoms with Gasteiger partial charge in [-0.3, -0.25) is 0 Å². The molecule has 0 bridgehead atoms. The predicted octanol–water partition coefficient (Wildman–Crippen LogP) is 1.05. The molecule has 0 spiro atoms. The molecule has 3 aromatic rings. The molecular formula is C17H19N7O2. The molecule has 0 aliphatic heterocycles. The summed E-state index contributed by atoms with van der Waals surface area (Å²) in [5, 5.41) is 0. The molecule has 0 aliphatic rings. The highest BCUT2D eigenvalue weighted by Gasteiger charge is 2.10. The number of methoxy groups -OCH3 is 1. The summed E-state index contributed by atoms with van der Waals surface area (Å²) >= 11 is 0. The van der Waals surface area contributed by atoms with E-state index < -0.39 is 0 Å². The number of esters is 1. The number of benzene rings is 1. The Morgan fingerprint density at radius 3 is 2.58 bits per heavy atom. The summed E-state index contributed by atoms with van der Waals surface area (Å²) in [6.07, 6.45) is 2.31. The smallest absolute Gasteiger partial charge is 0.337 e. The Morgan fingerprint density at radius 1 is 1.15 bits per heavy atom. The second-order valence-electron chi connectivity index (χ2n) is 5.71. The van der Waals surface area contributed by atoms with E-state index in [-0.39, 0.29) is 17.7 Å². The fourth-order valence-electron chi connectivity index (χ4n) is 2.48. The quantitative estimate of drug-likeness (QED) is 0.645. The van der Waals surface area contributed by atoms with E-state index in [0.717, 1.165) is 11.4 Å². The zero-order chi connectivity index (χ0) is 18.7. The highest BCUT2D eigenvalue weighted by Crippen LogP contribution is 2.17. The first-order valence-corrected chi connectivity index (χ1v) is 7.92. The van der Waals surface area contributed by atoms with Crippen LogP contribution in [0.3, 0.4) is 0 Å². The number of nitrogens with two attached hydrogens (primary N) is 2. The zero-order valence-corrected chi connectivity index (χ0v) is 14.5. The number of likely N-dealkylation sites (N-methyl/N-ethyl adjacent to an activating group) is 1. The lowest BCUT2D eigenvalue weighted by atomic mass is 10.2. The Kier molecular flexibility index (Phi) is 4.78. The van der Waals surface area contributed by atoms with Crippen molar-refractivity contribution in [1.82, 2.24) is 19.9 Å². The van der Waals surface area contributed by atoms with Gasteiger partial charge < -0.3 is 21.1 Å². The first kappa shape index (κ1) is 17.3. The minimum absolute atomic E-state index is 0.0761. The maximum atomic E-state index is 11.5. The Bertz CT molecular complexity index is 944. The highest BCUT2D eigenvalue weighted by molar-refractivity contribution is 5.89. The van der Waals surface area contributed by atoms with Gasteiger partial charge in [-0.2, -0.15) is 9.97 Å². The van der Waals surface area contributed by atoms with Crippen LogP contribution < -0.4 is 16.4 Å². The summed E-state index contributed by atoms with van der Waals surface area (Å²) in [6.45, 7) is 0.702. The van der Waals surface area contributed by atoms with Gasteiger partial charge in [0.05, 0.1) is 24.6 Å². The second kappa shape index (κ2) is 7.18. The van der Waals surface area contributed by atoms with Gasteiger partial charge in [0.1, 0.15) is 0 Å². The largest absolute Gasteiger partial charge is 0.465 e. The van der Waals surface area contributed by atoms with Gasteiger partial charge in [-0.25, -0.2) is 14.8 Å². The van der Waals surface area contributed by atoms with Crippen molar-refractivity contribution in [2.75, 3.05) is 37.1 Å². The molecule has 9 nitrogen and oxygen atoms in total. The van der Waals surface area contributed by atoms with Crippen LogP contribution in [0.5, 0.6) is 0 Å². The number of carbonyl (C=O) groups excluding carboxylic acids is 1. The number of ether oxygens (including phenoxy) is 1. The molecule has 0 unspecified atom stereocenters. The molecule has 26 heavy (non-hydrogen) atoms. The molecule has 0 saturated carbocycles. The van der Waals surface area contributed by atoms with Gasteiger partial charge >= 0.3 is 5.97 Å². The van der Waals surface area contributed by atoms with E-state index in [1.165, 1.54) is 7.11 Å². The molecular weight excluding hydrogens is 334 g/mol. The lowest BCUT2D eigenvalue weighted by Gasteiger charge is -2.19. The SMILES string of the molecule is COC(=O)c1ccc(N(C)CCc2cnc3nc(N)nc(N)c3n2)cc1. The first-order chi connectivity index (χ1) is 12.5. The van der Waals surface area contributed by atoms with Crippen molar-refractivity contribution in [2.24, 2.45) is 0 Å². The van der Waals surface area contributed by atoms with Crippen LogP contribution in [0.4, 0.5) is 17.5 Å². The number of carbonyl (C=O) groups is 1. The molecule has 1 aromatic carbocycles.